The van der Waals surface area contributed by atoms with Crippen molar-refractivity contribution in [1.29, 1.82) is 0 Å². The normalized spacial score (nSPS) is 11.8. The lowest BCUT2D eigenvalue weighted by Crippen LogP contribution is -1.97. The highest BCUT2D eigenvalue weighted by Crippen LogP contribution is 2.21. The Balaban J connectivity index is 3.24. The fourth-order valence-electron chi connectivity index (χ4n) is 0.917. The molecule has 0 aliphatic heterocycles. The minimum atomic E-state index is -2.99. The number of sulfone groups is 1. The first-order valence-corrected chi connectivity index (χ1v) is 6.09. The lowest BCUT2D eigenvalue weighted by Gasteiger charge is -1.95. The Bertz CT molecular complexity index is 335. The summed E-state index contributed by atoms with van der Waals surface area (Å²) in [5.41, 5.74) is 0. The first kappa shape index (κ1) is 8.74. The molecule has 0 N–H and O–H groups in total. The van der Waals surface area contributed by atoms with Crippen LogP contribution in [0.4, 0.5) is 0 Å². The molecule has 0 unspecified atom stereocenters. The molecule has 1 aromatic rings. The summed E-state index contributed by atoms with van der Waals surface area (Å²) in [5, 5.41) is 1.81. The summed E-state index contributed by atoms with van der Waals surface area (Å²) in [6.45, 7) is 1.96. The average Bonchev–Trinajstić information content (AvgIpc) is 2.31. The van der Waals surface area contributed by atoms with Crippen LogP contribution in [-0.2, 0) is 16.3 Å². The van der Waals surface area contributed by atoms with Gasteiger partial charge in [-0.05, 0) is 17.9 Å². The maximum atomic E-state index is 11.1. The Labute approximate surface area is 70.8 Å². The van der Waals surface area contributed by atoms with Crippen molar-refractivity contribution < 1.29 is 8.42 Å². The highest BCUT2D eigenvalue weighted by Gasteiger charge is 2.12. The van der Waals surface area contributed by atoms with E-state index in [9.17, 15) is 8.42 Å². The molecule has 4 heteroatoms. The number of hydrogen-bond donors (Lipinski definition) is 0. The summed E-state index contributed by atoms with van der Waals surface area (Å²) in [5.74, 6) is 0. The first-order valence-electron chi connectivity index (χ1n) is 3.32. The first-order chi connectivity index (χ1) is 5.05. The molecule has 11 heavy (non-hydrogen) atoms. The molecule has 0 saturated carbocycles. The third kappa shape index (κ3) is 1.81. The van der Waals surface area contributed by atoms with Gasteiger partial charge in [-0.1, -0.05) is 6.92 Å². The second kappa shape index (κ2) is 2.95. The van der Waals surface area contributed by atoms with Gasteiger partial charge in [-0.3, -0.25) is 0 Å². The molecule has 0 aliphatic rings. The number of rotatable bonds is 2. The molecule has 0 amide bonds. The van der Waals surface area contributed by atoms with E-state index in [1.54, 1.807) is 6.07 Å². The van der Waals surface area contributed by atoms with E-state index in [2.05, 4.69) is 0 Å². The highest BCUT2D eigenvalue weighted by molar-refractivity contribution is 7.90. The minimum absolute atomic E-state index is 0.491. The van der Waals surface area contributed by atoms with Gasteiger partial charge < -0.3 is 0 Å². The van der Waals surface area contributed by atoms with Crippen LogP contribution in [-0.4, -0.2) is 14.7 Å². The molecule has 0 aromatic carbocycles. The van der Waals surface area contributed by atoms with Crippen molar-refractivity contribution in [3.63, 3.8) is 0 Å². The van der Waals surface area contributed by atoms with Crippen LogP contribution in [0.15, 0.2) is 16.3 Å². The van der Waals surface area contributed by atoms with Gasteiger partial charge in [0.1, 0.15) is 0 Å². The monoisotopic (exact) mass is 190 g/mol. The largest absolute Gasteiger partial charge is 0.224 e. The summed E-state index contributed by atoms with van der Waals surface area (Å²) >= 11 is 1.50. The molecule has 0 spiro atoms. The molecule has 0 atom stereocenters. The topological polar surface area (TPSA) is 34.1 Å². The quantitative estimate of drug-likeness (QED) is 0.711. The van der Waals surface area contributed by atoms with Crippen LogP contribution in [0.1, 0.15) is 11.8 Å². The van der Waals surface area contributed by atoms with Gasteiger partial charge in [-0.25, -0.2) is 8.42 Å². The molecule has 0 bridgehead atoms. The fourth-order valence-corrected chi connectivity index (χ4v) is 3.19. The third-order valence-corrected chi connectivity index (χ3v) is 3.80. The second-order valence-corrected chi connectivity index (χ2v) is 5.32. The SMILES string of the molecule is CCc1sccc1S(C)(=O)=O. The number of aryl methyl sites for hydroxylation is 1. The van der Waals surface area contributed by atoms with Gasteiger partial charge in [0.15, 0.2) is 9.84 Å². The third-order valence-electron chi connectivity index (χ3n) is 1.43. The van der Waals surface area contributed by atoms with E-state index < -0.39 is 9.84 Å². The standard InChI is InChI=1S/C7H10O2S2/c1-3-6-7(4-5-10-6)11(2,8)9/h4-5H,3H2,1-2H3. The average molecular weight is 190 g/mol. The molecule has 1 heterocycles. The summed E-state index contributed by atoms with van der Waals surface area (Å²) in [6.07, 6.45) is 2.04. The summed E-state index contributed by atoms with van der Waals surface area (Å²) in [4.78, 5) is 1.44. The second-order valence-electron chi connectivity index (χ2n) is 2.33. The van der Waals surface area contributed by atoms with Crippen molar-refractivity contribution >= 4 is 21.2 Å². The van der Waals surface area contributed by atoms with Gasteiger partial charge in [0, 0.05) is 11.1 Å². The maximum absolute atomic E-state index is 11.1. The lowest BCUT2D eigenvalue weighted by atomic mass is 10.4. The van der Waals surface area contributed by atoms with Crippen LogP contribution in [0.3, 0.4) is 0 Å². The van der Waals surface area contributed by atoms with Gasteiger partial charge >= 0.3 is 0 Å². The zero-order valence-electron chi connectivity index (χ0n) is 6.49. The van der Waals surface area contributed by atoms with E-state index in [1.807, 2.05) is 12.3 Å². The van der Waals surface area contributed by atoms with Crippen LogP contribution in [0.25, 0.3) is 0 Å². The predicted molar refractivity (Wildman–Crippen MR) is 46.8 cm³/mol. The van der Waals surface area contributed by atoms with Gasteiger partial charge in [0.25, 0.3) is 0 Å². The van der Waals surface area contributed by atoms with E-state index in [4.69, 9.17) is 0 Å². The van der Waals surface area contributed by atoms with Gasteiger partial charge in [0.05, 0.1) is 4.90 Å². The predicted octanol–water partition coefficient (Wildman–Crippen LogP) is 1.71. The van der Waals surface area contributed by atoms with E-state index in [0.717, 1.165) is 11.3 Å². The molecule has 1 aromatic heterocycles. The Morgan fingerprint density at radius 3 is 2.55 bits per heavy atom. The molecule has 0 saturated heterocycles. The maximum Gasteiger partial charge on any atom is 0.176 e. The van der Waals surface area contributed by atoms with Crippen molar-refractivity contribution in [2.75, 3.05) is 6.26 Å². The number of thiophene rings is 1. The zero-order chi connectivity index (χ0) is 8.48. The summed E-state index contributed by atoms with van der Waals surface area (Å²) < 4.78 is 22.2. The van der Waals surface area contributed by atoms with Crippen molar-refractivity contribution in [2.24, 2.45) is 0 Å². The van der Waals surface area contributed by atoms with Crippen molar-refractivity contribution in [2.45, 2.75) is 18.2 Å². The fraction of sp³-hybridized carbons (Fsp3) is 0.429. The molecule has 0 radical (unpaired) electrons. The summed E-state index contributed by atoms with van der Waals surface area (Å²) in [7, 11) is -2.99. The molecular formula is C7H10O2S2. The van der Waals surface area contributed by atoms with E-state index in [1.165, 1.54) is 17.6 Å². The van der Waals surface area contributed by atoms with Crippen molar-refractivity contribution in [1.82, 2.24) is 0 Å². The van der Waals surface area contributed by atoms with Gasteiger partial charge in [-0.2, -0.15) is 0 Å². The minimum Gasteiger partial charge on any atom is -0.224 e. The molecule has 2 nitrogen and oxygen atoms in total. The number of hydrogen-bond acceptors (Lipinski definition) is 3. The highest BCUT2D eigenvalue weighted by atomic mass is 32.2. The van der Waals surface area contributed by atoms with E-state index >= 15 is 0 Å². The van der Waals surface area contributed by atoms with E-state index in [0.29, 0.717) is 4.90 Å². The van der Waals surface area contributed by atoms with Crippen LogP contribution in [0.2, 0.25) is 0 Å². The van der Waals surface area contributed by atoms with Crippen molar-refractivity contribution in [3.05, 3.63) is 16.3 Å². The Kier molecular flexibility index (Phi) is 2.34. The van der Waals surface area contributed by atoms with Crippen LogP contribution >= 0.6 is 11.3 Å². The van der Waals surface area contributed by atoms with Crippen LogP contribution in [0.5, 0.6) is 0 Å². The molecule has 0 fully saturated rings. The van der Waals surface area contributed by atoms with Crippen molar-refractivity contribution in [3.8, 4) is 0 Å². The van der Waals surface area contributed by atoms with Crippen LogP contribution < -0.4 is 0 Å². The molecule has 1 rings (SSSR count). The lowest BCUT2D eigenvalue weighted by molar-refractivity contribution is 0.601. The van der Waals surface area contributed by atoms with E-state index in [-0.39, 0.29) is 0 Å². The van der Waals surface area contributed by atoms with Gasteiger partial charge in [0.2, 0.25) is 0 Å². The molecular weight excluding hydrogens is 180 g/mol. The zero-order valence-corrected chi connectivity index (χ0v) is 8.13. The Hall–Kier alpha value is -0.350. The Morgan fingerprint density at radius 1 is 1.55 bits per heavy atom. The van der Waals surface area contributed by atoms with Gasteiger partial charge in [-0.15, -0.1) is 11.3 Å². The smallest absolute Gasteiger partial charge is 0.176 e. The molecule has 0 aliphatic carbocycles. The Morgan fingerprint density at radius 2 is 2.18 bits per heavy atom. The molecule has 62 valence electrons. The van der Waals surface area contributed by atoms with Crippen LogP contribution in [0, 0.1) is 0 Å². The summed E-state index contributed by atoms with van der Waals surface area (Å²) in [6, 6.07) is 1.67.